The molecule has 0 fully saturated rings. The molecular formula is C11H24N2O9. The van der Waals surface area contributed by atoms with Crippen LogP contribution in [0.2, 0.25) is 0 Å². The van der Waals surface area contributed by atoms with E-state index in [1.165, 1.54) is 0 Å². The van der Waals surface area contributed by atoms with Gasteiger partial charge in [-0.05, 0) is 6.42 Å². The van der Waals surface area contributed by atoms with Crippen LogP contribution in [0.1, 0.15) is 12.8 Å². The van der Waals surface area contributed by atoms with Crippen molar-refractivity contribution in [2.45, 2.75) is 43.3 Å². The Hall–Kier alpha value is -1.34. The Kier molecular flexibility index (Phi) is 12.7. The fourth-order valence-electron chi connectivity index (χ4n) is 1.09. The third kappa shape index (κ3) is 10.4. The molecule has 11 nitrogen and oxygen atoms in total. The predicted molar refractivity (Wildman–Crippen MR) is 72.2 cm³/mol. The molecule has 0 aromatic carbocycles. The van der Waals surface area contributed by atoms with Crippen molar-refractivity contribution in [3.63, 3.8) is 0 Å². The van der Waals surface area contributed by atoms with Crippen LogP contribution in [-0.4, -0.2) is 91.3 Å². The summed E-state index contributed by atoms with van der Waals surface area (Å²) in [5, 5.41) is 60.4. The van der Waals surface area contributed by atoms with Crippen LogP contribution >= 0.6 is 0 Å². The van der Waals surface area contributed by atoms with E-state index >= 15 is 0 Å². The van der Waals surface area contributed by atoms with Gasteiger partial charge < -0.3 is 47.2 Å². The van der Waals surface area contributed by atoms with Crippen LogP contribution in [0.4, 0.5) is 0 Å². The summed E-state index contributed by atoms with van der Waals surface area (Å²) in [6.07, 6.45) is -6.27. The first-order chi connectivity index (χ1) is 10.1. The number of primary amides is 1. The van der Waals surface area contributed by atoms with E-state index in [2.05, 4.69) is 0 Å². The Morgan fingerprint density at radius 1 is 0.909 bits per heavy atom. The summed E-state index contributed by atoms with van der Waals surface area (Å²) in [4.78, 5) is 20.1. The quantitative estimate of drug-likeness (QED) is 0.196. The SMILES string of the molecule is NC(=O)CCC(N)C(=O)O.OC[C@@H](O)[C@@H](O)[C@H](O)[C@H](O)CO. The Morgan fingerprint density at radius 3 is 1.50 bits per heavy atom. The van der Waals surface area contributed by atoms with Gasteiger partial charge in [0.25, 0.3) is 0 Å². The van der Waals surface area contributed by atoms with Gasteiger partial charge in [0.1, 0.15) is 30.5 Å². The predicted octanol–water partition coefficient (Wildman–Crippen LogP) is -4.92. The standard InChI is InChI=1S/C6H14O6.C5H10N2O3/c7-1-3(9)5(11)6(12)4(10)2-8;6-3(5(9)10)1-2-4(7)8/h3-12H,1-2H2;3H,1-2,6H2,(H2,7,8)(H,9,10)/t3-,4-,5-,6-;/m1./s1. The Balaban J connectivity index is 0. The van der Waals surface area contributed by atoms with E-state index in [0.717, 1.165) is 0 Å². The third-order valence-corrected chi connectivity index (χ3v) is 2.53. The minimum absolute atomic E-state index is 0.0213. The number of aliphatic carboxylic acids is 1. The lowest BCUT2D eigenvalue weighted by Gasteiger charge is -2.24. The fourth-order valence-corrected chi connectivity index (χ4v) is 1.09. The summed E-state index contributed by atoms with van der Waals surface area (Å²) in [6, 6.07) is -0.979. The molecular weight excluding hydrogens is 304 g/mol. The highest BCUT2D eigenvalue weighted by atomic mass is 16.4. The zero-order chi connectivity index (χ0) is 17.9. The maximum absolute atomic E-state index is 10.1. The molecule has 1 amide bonds. The van der Waals surface area contributed by atoms with E-state index in [1.807, 2.05) is 0 Å². The van der Waals surface area contributed by atoms with E-state index in [1.54, 1.807) is 0 Å². The van der Waals surface area contributed by atoms with Crippen molar-refractivity contribution in [3.8, 4) is 0 Å². The minimum Gasteiger partial charge on any atom is -0.480 e. The van der Waals surface area contributed by atoms with E-state index in [0.29, 0.717) is 0 Å². The molecule has 0 saturated heterocycles. The van der Waals surface area contributed by atoms with Crippen molar-refractivity contribution in [3.05, 3.63) is 0 Å². The molecule has 0 aromatic heterocycles. The monoisotopic (exact) mass is 328 g/mol. The number of hydrogen-bond acceptors (Lipinski definition) is 9. The van der Waals surface area contributed by atoms with E-state index in [9.17, 15) is 9.59 Å². The average Bonchev–Trinajstić information content (AvgIpc) is 2.49. The molecule has 0 radical (unpaired) electrons. The topological polar surface area (TPSA) is 228 Å². The number of amides is 1. The first kappa shape index (κ1) is 22.9. The summed E-state index contributed by atoms with van der Waals surface area (Å²) in [7, 11) is 0. The molecule has 22 heavy (non-hydrogen) atoms. The maximum Gasteiger partial charge on any atom is 0.320 e. The normalized spacial score (nSPS) is 17.4. The summed E-state index contributed by atoms with van der Waals surface area (Å²) < 4.78 is 0. The average molecular weight is 328 g/mol. The Labute approximate surface area is 126 Å². The maximum atomic E-state index is 10.1. The summed E-state index contributed by atoms with van der Waals surface area (Å²) >= 11 is 0. The lowest BCUT2D eigenvalue weighted by molar-refractivity contribution is -0.138. The molecule has 0 spiro atoms. The lowest BCUT2D eigenvalue weighted by Crippen LogP contribution is -2.46. The molecule has 0 aliphatic carbocycles. The van der Waals surface area contributed by atoms with Crippen LogP contribution < -0.4 is 11.5 Å². The molecule has 0 rings (SSSR count). The van der Waals surface area contributed by atoms with Gasteiger partial charge in [0, 0.05) is 6.42 Å². The number of rotatable bonds is 9. The van der Waals surface area contributed by atoms with Crippen molar-refractivity contribution in [1.29, 1.82) is 0 Å². The molecule has 0 aromatic rings. The Bertz CT molecular complexity index is 315. The number of carboxylic acids is 1. The van der Waals surface area contributed by atoms with Gasteiger partial charge in [-0.3, -0.25) is 9.59 Å². The van der Waals surface area contributed by atoms with Gasteiger partial charge in [0.05, 0.1) is 13.2 Å². The van der Waals surface area contributed by atoms with Crippen molar-refractivity contribution < 1.29 is 45.3 Å². The van der Waals surface area contributed by atoms with Crippen molar-refractivity contribution in [1.82, 2.24) is 0 Å². The highest BCUT2D eigenvalue weighted by Gasteiger charge is 2.29. The molecule has 0 saturated carbocycles. The number of carboxylic acid groups (broad SMARTS) is 1. The highest BCUT2D eigenvalue weighted by molar-refractivity contribution is 5.76. The number of carbonyl (C=O) groups is 2. The molecule has 0 heterocycles. The number of aliphatic hydroxyl groups is 6. The van der Waals surface area contributed by atoms with Crippen LogP contribution in [0.5, 0.6) is 0 Å². The first-order valence-electron chi connectivity index (χ1n) is 6.29. The second kappa shape index (κ2) is 12.2. The highest BCUT2D eigenvalue weighted by Crippen LogP contribution is 2.04. The molecule has 11 heteroatoms. The van der Waals surface area contributed by atoms with Gasteiger partial charge >= 0.3 is 5.97 Å². The third-order valence-electron chi connectivity index (χ3n) is 2.53. The van der Waals surface area contributed by atoms with Gasteiger partial charge in [-0.2, -0.15) is 0 Å². The summed E-state index contributed by atoms with van der Waals surface area (Å²) in [5.41, 5.74) is 9.81. The lowest BCUT2D eigenvalue weighted by atomic mass is 10.0. The van der Waals surface area contributed by atoms with E-state index in [4.69, 9.17) is 47.2 Å². The van der Waals surface area contributed by atoms with Crippen LogP contribution in [-0.2, 0) is 9.59 Å². The van der Waals surface area contributed by atoms with Gasteiger partial charge in [-0.15, -0.1) is 0 Å². The number of nitrogens with two attached hydrogens (primary N) is 2. The molecule has 11 N–H and O–H groups in total. The minimum atomic E-state index is -1.67. The number of hydrogen-bond donors (Lipinski definition) is 9. The van der Waals surface area contributed by atoms with Gasteiger partial charge in [-0.1, -0.05) is 0 Å². The van der Waals surface area contributed by atoms with Crippen LogP contribution in [0.25, 0.3) is 0 Å². The van der Waals surface area contributed by atoms with Crippen molar-refractivity contribution in [2.75, 3.05) is 13.2 Å². The summed E-state index contributed by atoms with van der Waals surface area (Å²) in [5.74, 6) is -1.64. The molecule has 0 bridgehead atoms. The molecule has 0 aliphatic heterocycles. The van der Waals surface area contributed by atoms with Gasteiger partial charge in [0.15, 0.2) is 0 Å². The zero-order valence-corrected chi connectivity index (χ0v) is 11.8. The van der Waals surface area contributed by atoms with E-state index < -0.39 is 55.5 Å². The second-order valence-electron chi connectivity index (χ2n) is 4.43. The fraction of sp³-hybridized carbons (Fsp3) is 0.818. The van der Waals surface area contributed by atoms with Crippen LogP contribution in [0, 0.1) is 0 Å². The molecule has 0 aliphatic rings. The Morgan fingerprint density at radius 2 is 1.27 bits per heavy atom. The summed E-state index contributed by atoms with van der Waals surface area (Å²) in [6.45, 7) is -1.45. The van der Waals surface area contributed by atoms with Crippen molar-refractivity contribution in [2.24, 2.45) is 11.5 Å². The second-order valence-corrected chi connectivity index (χ2v) is 4.43. The number of carbonyl (C=O) groups excluding carboxylic acids is 1. The van der Waals surface area contributed by atoms with Crippen LogP contribution in [0.15, 0.2) is 0 Å². The van der Waals surface area contributed by atoms with Gasteiger partial charge in [0.2, 0.25) is 5.91 Å². The first-order valence-corrected chi connectivity index (χ1v) is 6.29. The van der Waals surface area contributed by atoms with E-state index in [-0.39, 0.29) is 12.8 Å². The molecule has 5 atom stereocenters. The number of aliphatic hydroxyl groups excluding tert-OH is 6. The molecule has 1 unspecified atom stereocenters. The largest absolute Gasteiger partial charge is 0.480 e. The smallest absolute Gasteiger partial charge is 0.320 e. The zero-order valence-electron chi connectivity index (χ0n) is 11.8. The van der Waals surface area contributed by atoms with Gasteiger partial charge in [-0.25, -0.2) is 0 Å². The molecule has 132 valence electrons. The van der Waals surface area contributed by atoms with Crippen molar-refractivity contribution >= 4 is 11.9 Å². The van der Waals surface area contributed by atoms with Crippen LogP contribution in [0.3, 0.4) is 0 Å².